The van der Waals surface area contributed by atoms with Gasteiger partial charge in [0.15, 0.2) is 5.78 Å². The number of hydrogen-bond acceptors (Lipinski definition) is 3. The monoisotopic (exact) mass is 582 g/mol. The van der Waals surface area contributed by atoms with Crippen LogP contribution in [0, 0.1) is 22.7 Å². The summed E-state index contributed by atoms with van der Waals surface area (Å²) >= 11 is 0. The van der Waals surface area contributed by atoms with E-state index in [9.17, 15) is 15.0 Å². The number of aliphatic hydroxyl groups excluding tert-OH is 2. The van der Waals surface area contributed by atoms with Crippen molar-refractivity contribution in [3.63, 3.8) is 0 Å². The minimum absolute atomic E-state index is 0.0935. The van der Waals surface area contributed by atoms with E-state index < -0.39 is 0 Å². The molecule has 0 bridgehead atoms. The molecule has 2 aliphatic rings. The molecule has 0 unspecified atom stereocenters. The Bertz CT molecular complexity index is 1380. The maximum Gasteiger partial charge on any atom is 0.162 e. The normalized spacial score (nSPS) is 23.9. The molecule has 0 saturated heterocycles. The van der Waals surface area contributed by atoms with Crippen molar-refractivity contribution >= 4 is 5.78 Å². The average molecular weight is 583 g/mol. The number of hydrogen-bond donors (Lipinski definition) is 2. The fraction of sp³-hybridized carbons (Fsp3) is 0.475. The van der Waals surface area contributed by atoms with Crippen molar-refractivity contribution < 1.29 is 15.0 Å². The van der Waals surface area contributed by atoms with Crippen LogP contribution >= 0.6 is 0 Å². The van der Waals surface area contributed by atoms with Gasteiger partial charge in [0.05, 0.1) is 12.2 Å². The van der Waals surface area contributed by atoms with Gasteiger partial charge in [-0.05, 0) is 83.8 Å². The van der Waals surface area contributed by atoms with Crippen molar-refractivity contribution in [1.29, 1.82) is 0 Å². The Morgan fingerprint density at radius 3 is 1.81 bits per heavy atom. The smallest absolute Gasteiger partial charge is 0.162 e. The van der Waals surface area contributed by atoms with Crippen LogP contribution in [0.1, 0.15) is 101 Å². The highest BCUT2D eigenvalue weighted by atomic mass is 16.3. The molecule has 0 amide bonds. The van der Waals surface area contributed by atoms with Crippen molar-refractivity contribution in [1.82, 2.24) is 0 Å². The van der Waals surface area contributed by atoms with Crippen LogP contribution in [0.25, 0.3) is 0 Å². The first kappa shape index (κ1) is 36.0. The molecule has 0 aliphatic heterocycles. The molecule has 232 valence electrons. The second-order valence-corrected chi connectivity index (χ2v) is 13.8. The molecule has 0 aromatic rings. The molecule has 2 atom stereocenters. The number of carbonyl (C=O) groups excluding carboxylic acids is 1. The minimum Gasteiger partial charge on any atom is -0.393 e. The number of rotatable bonds is 9. The van der Waals surface area contributed by atoms with Crippen molar-refractivity contribution in [3.8, 4) is 11.8 Å². The Morgan fingerprint density at radius 1 is 0.767 bits per heavy atom. The summed E-state index contributed by atoms with van der Waals surface area (Å²) in [7, 11) is 0. The van der Waals surface area contributed by atoms with E-state index in [-0.39, 0.29) is 28.8 Å². The molecule has 2 N–H and O–H groups in total. The molecular formula is C40H54O3. The van der Waals surface area contributed by atoms with Gasteiger partial charge in [-0.3, -0.25) is 4.79 Å². The topological polar surface area (TPSA) is 57.5 Å². The third-order valence-corrected chi connectivity index (χ3v) is 8.41. The zero-order valence-electron chi connectivity index (χ0n) is 28.3. The molecule has 0 heterocycles. The minimum atomic E-state index is -0.315. The predicted molar refractivity (Wildman–Crippen MR) is 183 cm³/mol. The van der Waals surface area contributed by atoms with Gasteiger partial charge in [-0.2, -0.15) is 0 Å². The van der Waals surface area contributed by atoms with Crippen LogP contribution in [0.15, 0.2) is 105 Å². The molecule has 0 aromatic heterocycles. The number of carbonyl (C=O) groups is 1. The van der Waals surface area contributed by atoms with E-state index in [0.717, 1.165) is 39.9 Å². The average Bonchev–Trinajstić information content (AvgIpc) is 2.87. The van der Waals surface area contributed by atoms with Crippen LogP contribution in [0.3, 0.4) is 0 Å². The van der Waals surface area contributed by atoms with E-state index in [0.29, 0.717) is 25.7 Å². The quantitative estimate of drug-likeness (QED) is 0.123. The van der Waals surface area contributed by atoms with Gasteiger partial charge in [-0.1, -0.05) is 128 Å². The van der Waals surface area contributed by atoms with Crippen molar-refractivity contribution in [3.05, 3.63) is 105 Å². The van der Waals surface area contributed by atoms with E-state index in [1.165, 1.54) is 11.1 Å². The Morgan fingerprint density at radius 2 is 1.28 bits per heavy atom. The molecule has 0 aromatic carbocycles. The second kappa shape index (κ2) is 16.0. The Kier molecular flexibility index (Phi) is 13.4. The van der Waals surface area contributed by atoms with E-state index in [1.54, 1.807) is 0 Å². The standard InChI is InChI=1S/C40H54O3/c1-28(17-13-18-30(3)21-22-36-32(5)23-34(41)26-39(36,7)8)15-11-12-16-29(2)19-14-20-31(4)38(43)25-37-33(6)24-35(42)27-40(37,9)10/h11-20,34-35,41-42H,23-27H2,1-10H3/b12-11+,17-13+,19-14+,28-15+,29-16+,30-18+,31-20+/t34-,35-/m1/s1. The van der Waals surface area contributed by atoms with Crippen molar-refractivity contribution in [2.45, 2.75) is 114 Å². The van der Waals surface area contributed by atoms with E-state index in [4.69, 9.17) is 0 Å². The zero-order chi connectivity index (χ0) is 32.4. The summed E-state index contributed by atoms with van der Waals surface area (Å²) in [5.74, 6) is 6.79. The van der Waals surface area contributed by atoms with Gasteiger partial charge in [0, 0.05) is 17.4 Å². The predicted octanol–water partition coefficient (Wildman–Crippen LogP) is 9.40. The first-order chi connectivity index (χ1) is 20.0. The third kappa shape index (κ3) is 11.8. The third-order valence-electron chi connectivity index (χ3n) is 8.41. The van der Waals surface area contributed by atoms with Crippen LogP contribution in [-0.4, -0.2) is 28.2 Å². The van der Waals surface area contributed by atoms with Gasteiger partial charge in [-0.25, -0.2) is 0 Å². The first-order valence-corrected chi connectivity index (χ1v) is 15.5. The second-order valence-electron chi connectivity index (χ2n) is 13.8. The summed E-state index contributed by atoms with van der Waals surface area (Å²) < 4.78 is 0. The van der Waals surface area contributed by atoms with Gasteiger partial charge in [0.1, 0.15) is 0 Å². The number of Topliss-reactive ketones (excluding diaryl/α,β-unsaturated/α-hetero) is 1. The Hall–Kier alpha value is -3.19. The van der Waals surface area contributed by atoms with Crippen LogP contribution in [-0.2, 0) is 4.79 Å². The molecule has 43 heavy (non-hydrogen) atoms. The van der Waals surface area contributed by atoms with Gasteiger partial charge >= 0.3 is 0 Å². The van der Waals surface area contributed by atoms with Crippen molar-refractivity contribution in [2.75, 3.05) is 0 Å². The number of allylic oxidation sites excluding steroid dienone is 16. The van der Waals surface area contributed by atoms with Gasteiger partial charge in [0.25, 0.3) is 0 Å². The maximum absolute atomic E-state index is 12.9. The molecule has 3 nitrogen and oxygen atoms in total. The highest BCUT2D eigenvalue weighted by Crippen LogP contribution is 2.42. The SMILES string of the molecule is CC1=C(C#C/C(C)=C/C=C/C(C)=C/C=C/C=C(C)/C=C/C=C(\C)C(=O)CC2=C(C)C[C@@H](O)CC2(C)C)C(C)(C)C[C@H](O)C1. The molecule has 3 heteroatoms. The van der Waals surface area contributed by atoms with Gasteiger partial charge in [-0.15, -0.1) is 0 Å². The largest absolute Gasteiger partial charge is 0.393 e. The molecule has 0 saturated carbocycles. The number of ketones is 1. The summed E-state index contributed by atoms with van der Waals surface area (Å²) in [5, 5.41) is 20.2. The summed E-state index contributed by atoms with van der Waals surface area (Å²) in [6.07, 6.45) is 22.7. The Balaban J connectivity index is 1.92. The summed E-state index contributed by atoms with van der Waals surface area (Å²) in [4.78, 5) is 12.9. The van der Waals surface area contributed by atoms with Crippen molar-refractivity contribution in [2.24, 2.45) is 10.8 Å². The first-order valence-electron chi connectivity index (χ1n) is 15.5. The lowest BCUT2D eigenvalue weighted by Gasteiger charge is -2.37. The van der Waals surface area contributed by atoms with Crippen LogP contribution in [0.5, 0.6) is 0 Å². The highest BCUT2D eigenvalue weighted by Gasteiger charge is 2.34. The highest BCUT2D eigenvalue weighted by molar-refractivity contribution is 5.96. The lowest BCUT2D eigenvalue weighted by atomic mass is 9.70. The molecule has 0 radical (unpaired) electrons. The molecule has 2 aliphatic carbocycles. The van der Waals surface area contributed by atoms with E-state index >= 15 is 0 Å². The van der Waals surface area contributed by atoms with E-state index in [1.807, 2.05) is 76.3 Å². The fourth-order valence-corrected chi connectivity index (χ4v) is 6.11. The van der Waals surface area contributed by atoms with Gasteiger partial charge < -0.3 is 10.2 Å². The van der Waals surface area contributed by atoms with Gasteiger partial charge in [0.2, 0.25) is 0 Å². The maximum atomic E-state index is 12.9. The number of aliphatic hydroxyl groups is 2. The zero-order valence-corrected chi connectivity index (χ0v) is 28.3. The lowest BCUT2D eigenvalue weighted by molar-refractivity contribution is -0.115. The lowest BCUT2D eigenvalue weighted by Crippen LogP contribution is -2.30. The molecule has 0 fully saturated rings. The molecular weight excluding hydrogens is 528 g/mol. The summed E-state index contributed by atoms with van der Waals surface area (Å²) in [6, 6.07) is 0. The molecule has 0 spiro atoms. The van der Waals surface area contributed by atoms with Crippen LogP contribution in [0.4, 0.5) is 0 Å². The van der Waals surface area contributed by atoms with E-state index in [2.05, 4.69) is 65.5 Å². The summed E-state index contributed by atoms with van der Waals surface area (Å²) in [5.41, 5.74) is 8.40. The fourth-order valence-electron chi connectivity index (χ4n) is 6.11. The van der Waals surface area contributed by atoms with Crippen LogP contribution in [0.2, 0.25) is 0 Å². The summed E-state index contributed by atoms with van der Waals surface area (Å²) in [6.45, 7) is 20.7. The molecule has 2 rings (SSSR count). The Labute approximate surface area is 262 Å². The van der Waals surface area contributed by atoms with Crippen LogP contribution < -0.4 is 0 Å².